The van der Waals surface area contributed by atoms with Crippen LogP contribution in [0, 0.1) is 5.41 Å². The van der Waals surface area contributed by atoms with Crippen LogP contribution < -0.4 is 5.32 Å². The number of ether oxygens (including phenoxy) is 1. The summed E-state index contributed by atoms with van der Waals surface area (Å²) in [6, 6.07) is 7.00. The number of allylic oxidation sites excluding steroid dienone is 3. The Labute approximate surface area is 240 Å². The average molecular weight is 570 g/mol. The van der Waals surface area contributed by atoms with Crippen LogP contribution >= 0.6 is 0 Å². The Bertz CT molecular complexity index is 1190. The van der Waals surface area contributed by atoms with Gasteiger partial charge in [0, 0.05) is 37.6 Å². The van der Waals surface area contributed by atoms with Gasteiger partial charge in [-0.3, -0.25) is 0 Å². The van der Waals surface area contributed by atoms with Gasteiger partial charge in [0.2, 0.25) is 8.32 Å². The maximum Gasteiger partial charge on any atom is 0.242 e. The van der Waals surface area contributed by atoms with Gasteiger partial charge in [-0.1, -0.05) is 60.3 Å². The molecule has 5 nitrogen and oxygen atoms in total. The summed E-state index contributed by atoms with van der Waals surface area (Å²) in [6.07, 6.45) is 7.70. The predicted molar refractivity (Wildman–Crippen MR) is 173 cm³/mol. The van der Waals surface area contributed by atoms with Gasteiger partial charge in [-0.15, -0.1) is 0 Å². The van der Waals surface area contributed by atoms with Crippen LogP contribution in [-0.2, 0) is 22.3 Å². The van der Waals surface area contributed by atoms with Crippen LogP contribution in [0.5, 0.6) is 0 Å². The van der Waals surface area contributed by atoms with Crippen molar-refractivity contribution in [2.24, 2.45) is 5.41 Å². The Morgan fingerprint density at radius 1 is 1.05 bits per heavy atom. The molecule has 1 atom stereocenters. The molecule has 2 aliphatic rings. The Morgan fingerprint density at radius 2 is 1.72 bits per heavy atom. The van der Waals surface area contributed by atoms with E-state index in [-0.39, 0.29) is 5.41 Å². The third-order valence-electron chi connectivity index (χ3n) is 7.65. The standard InChI is InChI=1S/C26H40N2O2Si2.C6H15N/c1-9-26-13-12-24(30-32(6,7)8)19(2)25(26)20-10-11-23-22(21(20)16-26)17-27-28(23)18-29-14-15-31(3,4)5;1-5(2)7-6(3)4/h10-12,17H,9,13-16,18H2,1-8H3;5-7H,1-4H3. The quantitative estimate of drug-likeness (QED) is 0.230. The van der Waals surface area contributed by atoms with Gasteiger partial charge in [-0.05, 0) is 86.3 Å². The molecule has 4 rings (SSSR count). The Kier molecular flexibility index (Phi) is 10.2. The van der Waals surface area contributed by atoms with Crippen LogP contribution in [0.2, 0.25) is 45.3 Å². The molecule has 1 aromatic heterocycles. The first-order valence-electron chi connectivity index (χ1n) is 15.0. The first-order valence-corrected chi connectivity index (χ1v) is 22.1. The van der Waals surface area contributed by atoms with Crippen molar-refractivity contribution >= 4 is 32.9 Å². The molecule has 2 aromatic rings. The summed E-state index contributed by atoms with van der Waals surface area (Å²) < 4.78 is 14.5. The van der Waals surface area contributed by atoms with Crippen LogP contribution in [0.25, 0.3) is 16.5 Å². The third-order valence-corrected chi connectivity index (χ3v) is 10.2. The van der Waals surface area contributed by atoms with E-state index in [9.17, 15) is 0 Å². The smallest absolute Gasteiger partial charge is 0.242 e. The second-order valence-corrected chi connectivity index (χ2v) is 24.3. The molecule has 0 fully saturated rings. The van der Waals surface area contributed by atoms with Crippen molar-refractivity contribution in [1.29, 1.82) is 0 Å². The molecule has 1 N–H and O–H groups in total. The zero-order valence-corrected chi connectivity index (χ0v) is 28.9. The van der Waals surface area contributed by atoms with Gasteiger partial charge in [-0.2, -0.15) is 5.10 Å². The van der Waals surface area contributed by atoms with Crippen molar-refractivity contribution in [3.63, 3.8) is 0 Å². The van der Waals surface area contributed by atoms with E-state index in [1.54, 1.807) is 0 Å². The van der Waals surface area contributed by atoms with E-state index in [4.69, 9.17) is 14.3 Å². The zero-order valence-electron chi connectivity index (χ0n) is 26.9. The molecule has 39 heavy (non-hydrogen) atoms. The first kappa shape index (κ1) is 31.8. The van der Waals surface area contributed by atoms with Crippen LogP contribution in [0.3, 0.4) is 0 Å². The maximum atomic E-state index is 6.49. The van der Waals surface area contributed by atoms with Crippen molar-refractivity contribution < 1.29 is 9.16 Å². The van der Waals surface area contributed by atoms with Crippen LogP contribution in [0.1, 0.15) is 65.5 Å². The van der Waals surface area contributed by atoms with Crippen molar-refractivity contribution in [3.8, 4) is 0 Å². The zero-order chi connectivity index (χ0) is 29.2. The number of hydrogen-bond acceptors (Lipinski definition) is 4. The Hall–Kier alpha value is -1.68. The molecule has 0 saturated carbocycles. The molecule has 0 amide bonds. The van der Waals surface area contributed by atoms with E-state index in [2.05, 4.69) is 111 Å². The fraction of sp³-hybridized carbons (Fsp3) is 0.656. The van der Waals surface area contributed by atoms with Crippen molar-refractivity contribution in [2.75, 3.05) is 6.61 Å². The molecule has 218 valence electrons. The van der Waals surface area contributed by atoms with E-state index in [1.807, 2.05) is 4.68 Å². The van der Waals surface area contributed by atoms with E-state index >= 15 is 0 Å². The van der Waals surface area contributed by atoms with E-state index in [1.165, 1.54) is 39.2 Å². The summed E-state index contributed by atoms with van der Waals surface area (Å²) >= 11 is 0. The summed E-state index contributed by atoms with van der Waals surface area (Å²) in [5.41, 5.74) is 7.07. The topological polar surface area (TPSA) is 48.3 Å². The molecule has 0 saturated heterocycles. The highest BCUT2D eigenvalue weighted by Gasteiger charge is 2.44. The van der Waals surface area contributed by atoms with Crippen LogP contribution in [-0.4, -0.2) is 44.9 Å². The van der Waals surface area contributed by atoms with Gasteiger partial charge in [-0.25, -0.2) is 4.68 Å². The lowest BCUT2D eigenvalue weighted by atomic mass is 9.71. The normalized spacial score (nSPS) is 19.3. The molecular weight excluding hydrogens is 515 g/mol. The van der Waals surface area contributed by atoms with Gasteiger partial charge in [0.1, 0.15) is 12.5 Å². The van der Waals surface area contributed by atoms with Crippen LogP contribution in [0.15, 0.2) is 35.7 Å². The summed E-state index contributed by atoms with van der Waals surface area (Å²) in [4.78, 5) is 0. The highest BCUT2D eigenvalue weighted by atomic mass is 28.4. The predicted octanol–water partition coefficient (Wildman–Crippen LogP) is 8.61. The fourth-order valence-corrected chi connectivity index (χ4v) is 7.53. The highest BCUT2D eigenvalue weighted by Crippen LogP contribution is 2.57. The summed E-state index contributed by atoms with van der Waals surface area (Å²) in [7, 11) is -2.73. The monoisotopic (exact) mass is 569 g/mol. The lowest BCUT2D eigenvalue weighted by molar-refractivity contribution is 0.0817. The van der Waals surface area contributed by atoms with Gasteiger partial charge < -0.3 is 14.5 Å². The molecule has 0 radical (unpaired) electrons. The Balaban J connectivity index is 0.000000532. The number of aromatic nitrogens is 2. The third kappa shape index (κ3) is 7.96. The van der Waals surface area contributed by atoms with E-state index in [0.717, 1.165) is 31.6 Å². The SMILES string of the molecule is CC(C)NC(C)C.CCC12CC=C(O[Si](C)(C)C)C(C)=C1c1ccc3c(cnn3COCC[Si](C)(C)C)c1C2. The number of benzene rings is 1. The van der Waals surface area contributed by atoms with Crippen molar-refractivity contribution in [2.45, 2.75) is 125 Å². The van der Waals surface area contributed by atoms with Crippen molar-refractivity contribution in [3.05, 3.63) is 46.9 Å². The van der Waals surface area contributed by atoms with E-state index in [0.29, 0.717) is 18.8 Å². The molecule has 2 aliphatic carbocycles. The molecule has 1 heterocycles. The molecule has 0 bridgehead atoms. The largest absolute Gasteiger partial charge is 0.544 e. The fourth-order valence-electron chi connectivity index (χ4n) is 5.88. The number of fused-ring (bicyclic) bond motifs is 5. The second-order valence-electron chi connectivity index (χ2n) is 14.3. The minimum atomic E-state index is -1.65. The maximum absolute atomic E-state index is 6.49. The minimum absolute atomic E-state index is 0.183. The van der Waals surface area contributed by atoms with Gasteiger partial charge >= 0.3 is 0 Å². The molecule has 0 aliphatic heterocycles. The van der Waals surface area contributed by atoms with Gasteiger partial charge in [0.25, 0.3) is 0 Å². The number of nitrogens with zero attached hydrogens (tertiary/aromatic N) is 2. The van der Waals surface area contributed by atoms with Crippen molar-refractivity contribution in [1.82, 2.24) is 15.1 Å². The Morgan fingerprint density at radius 3 is 2.26 bits per heavy atom. The first-order chi connectivity index (χ1) is 18.1. The summed E-state index contributed by atoms with van der Waals surface area (Å²) in [5.74, 6) is 1.11. The summed E-state index contributed by atoms with van der Waals surface area (Å²) in [5, 5.41) is 9.30. The number of hydrogen-bond donors (Lipinski definition) is 1. The molecule has 0 spiro atoms. The number of nitrogens with one attached hydrogen (secondary N) is 1. The number of rotatable bonds is 10. The second kappa shape index (κ2) is 12.5. The molecule has 1 unspecified atom stereocenters. The van der Waals surface area contributed by atoms with Gasteiger partial charge in [0.15, 0.2) is 0 Å². The molecule has 7 heteroatoms. The highest BCUT2D eigenvalue weighted by molar-refractivity contribution is 6.76. The van der Waals surface area contributed by atoms with Gasteiger partial charge in [0.05, 0.1) is 11.7 Å². The molecule has 1 aromatic carbocycles. The lowest BCUT2D eigenvalue weighted by Gasteiger charge is -2.36. The molecular formula is C32H55N3O2Si2. The lowest BCUT2D eigenvalue weighted by Crippen LogP contribution is -2.29. The van der Waals surface area contributed by atoms with E-state index < -0.39 is 16.4 Å². The minimum Gasteiger partial charge on any atom is -0.544 e. The average Bonchev–Trinajstić information content (AvgIpc) is 3.36. The van der Waals surface area contributed by atoms with Crippen LogP contribution in [0.4, 0.5) is 0 Å². The summed E-state index contributed by atoms with van der Waals surface area (Å²) in [6.45, 7) is 28.5.